The van der Waals surface area contributed by atoms with Crippen LogP contribution in [0.3, 0.4) is 0 Å². The summed E-state index contributed by atoms with van der Waals surface area (Å²) < 4.78 is 22.8. The van der Waals surface area contributed by atoms with Gasteiger partial charge in [0.05, 0.1) is 18.1 Å². The zero-order valence-electron chi connectivity index (χ0n) is 14.7. The van der Waals surface area contributed by atoms with Crippen molar-refractivity contribution in [2.75, 3.05) is 18.1 Å². The lowest BCUT2D eigenvalue weighted by molar-refractivity contribution is 0.319. The third kappa shape index (κ3) is 16.3. The molecule has 0 aromatic carbocycles. The lowest BCUT2D eigenvalue weighted by Crippen LogP contribution is -2.13. The summed E-state index contributed by atoms with van der Waals surface area (Å²) in [5.41, 5.74) is 0. The standard InChI is InChI=1S/C18H38O3S/c1-2-3-4-5-6-7-8-9-10-11-12-13-14-15-17-22(20,21)18-16-19/h19H,2-18H2,1H3. The van der Waals surface area contributed by atoms with Crippen LogP contribution < -0.4 is 0 Å². The van der Waals surface area contributed by atoms with Crippen molar-refractivity contribution in [3.8, 4) is 0 Å². The zero-order chi connectivity index (χ0) is 16.5. The molecule has 0 atom stereocenters. The minimum absolute atomic E-state index is 0.0779. The highest BCUT2D eigenvalue weighted by Crippen LogP contribution is 2.13. The topological polar surface area (TPSA) is 54.4 Å². The van der Waals surface area contributed by atoms with E-state index in [9.17, 15) is 8.42 Å². The van der Waals surface area contributed by atoms with Crippen molar-refractivity contribution in [3.05, 3.63) is 0 Å². The van der Waals surface area contributed by atoms with Gasteiger partial charge < -0.3 is 5.11 Å². The van der Waals surface area contributed by atoms with E-state index in [2.05, 4.69) is 6.92 Å². The molecule has 0 spiro atoms. The summed E-state index contributed by atoms with van der Waals surface area (Å²) in [6.45, 7) is 2.01. The van der Waals surface area contributed by atoms with Gasteiger partial charge in [-0.1, -0.05) is 90.4 Å². The van der Waals surface area contributed by atoms with Crippen LogP contribution in [0.1, 0.15) is 96.8 Å². The van der Waals surface area contributed by atoms with Gasteiger partial charge >= 0.3 is 0 Å². The predicted octanol–water partition coefficient (Wildman–Crippen LogP) is 4.87. The van der Waals surface area contributed by atoms with Crippen LogP contribution in [0, 0.1) is 0 Å². The van der Waals surface area contributed by atoms with E-state index in [1.54, 1.807) is 0 Å². The molecule has 3 nitrogen and oxygen atoms in total. The summed E-state index contributed by atoms with van der Waals surface area (Å²) in [7, 11) is -3.00. The molecule has 134 valence electrons. The van der Waals surface area contributed by atoms with E-state index >= 15 is 0 Å². The summed E-state index contributed by atoms with van der Waals surface area (Å²) in [4.78, 5) is 0. The second-order valence-corrected chi connectivity index (χ2v) is 8.78. The SMILES string of the molecule is CCCCCCCCCCCCCCCCS(=O)(=O)CCO. The van der Waals surface area contributed by atoms with Crippen molar-refractivity contribution >= 4 is 9.84 Å². The fraction of sp³-hybridized carbons (Fsp3) is 1.00. The third-order valence-electron chi connectivity index (χ3n) is 4.21. The van der Waals surface area contributed by atoms with Gasteiger partial charge in [0, 0.05) is 0 Å². The molecule has 0 aromatic heterocycles. The minimum Gasteiger partial charge on any atom is -0.395 e. The maximum atomic E-state index is 11.4. The molecular weight excluding hydrogens is 296 g/mol. The van der Waals surface area contributed by atoms with Gasteiger partial charge in [0.25, 0.3) is 0 Å². The third-order valence-corrected chi connectivity index (χ3v) is 5.93. The van der Waals surface area contributed by atoms with Crippen molar-refractivity contribution < 1.29 is 13.5 Å². The highest BCUT2D eigenvalue weighted by atomic mass is 32.2. The van der Waals surface area contributed by atoms with Gasteiger partial charge in [-0.15, -0.1) is 0 Å². The van der Waals surface area contributed by atoms with Crippen LogP contribution in [-0.2, 0) is 9.84 Å². The van der Waals surface area contributed by atoms with Crippen molar-refractivity contribution in [3.63, 3.8) is 0 Å². The Morgan fingerprint density at radius 3 is 1.32 bits per heavy atom. The number of rotatable bonds is 17. The number of aliphatic hydroxyl groups excluding tert-OH is 1. The van der Waals surface area contributed by atoms with Crippen LogP contribution >= 0.6 is 0 Å². The summed E-state index contributed by atoms with van der Waals surface area (Å²) in [5.74, 6) is 0.164. The number of hydrogen-bond acceptors (Lipinski definition) is 3. The van der Waals surface area contributed by atoms with Gasteiger partial charge in [-0.25, -0.2) is 8.42 Å². The van der Waals surface area contributed by atoms with E-state index in [0.717, 1.165) is 19.3 Å². The molecular formula is C18H38O3S. The fourth-order valence-corrected chi connectivity index (χ4v) is 3.88. The molecule has 22 heavy (non-hydrogen) atoms. The summed E-state index contributed by atoms with van der Waals surface area (Å²) in [6.07, 6.45) is 17.8. The van der Waals surface area contributed by atoms with E-state index < -0.39 is 9.84 Å². The molecule has 0 aliphatic rings. The average molecular weight is 335 g/mol. The first-order chi connectivity index (χ1) is 10.6. The highest BCUT2D eigenvalue weighted by Gasteiger charge is 2.08. The van der Waals surface area contributed by atoms with Crippen LogP contribution in [0.2, 0.25) is 0 Å². The van der Waals surface area contributed by atoms with Crippen LogP contribution in [0.15, 0.2) is 0 Å². The molecule has 0 saturated heterocycles. The van der Waals surface area contributed by atoms with Crippen molar-refractivity contribution in [1.29, 1.82) is 0 Å². The Kier molecular flexibility index (Phi) is 15.7. The van der Waals surface area contributed by atoms with Crippen molar-refractivity contribution in [1.82, 2.24) is 0 Å². The number of aliphatic hydroxyl groups is 1. The molecule has 0 rings (SSSR count). The predicted molar refractivity (Wildman–Crippen MR) is 96.1 cm³/mol. The Morgan fingerprint density at radius 1 is 0.591 bits per heavy atom. The number of sulfone groups is 1. The molecule has 0 unspecified atom stereocenters. The lowest BCUT2D eigenvalue weighted by atomic mass is 10.0. The molecule has 0 fully saturated rings. The molecule has 0 bridgehead atoms. The van der Waals surface area contributed by atoms with Crippen molar-refractivity contribution in [2.24, 2.45) is 0 Å². The Hall–Kier alpha value is -0.0900. The van der Waals surface area contributed by atoms with Gasteiger partial charge in [0.2, 0.25) is 0 Å². The maximum Gasteiger partial charge on any atom is 0.152 e. The first kappa shape index (κ1) is 21.9. The van der Waals surface area contributed by atoms with E-state index in [1.165, 1.54) is 70.6 Å². The van der Waals surface area contributed by atoms with Gasteiger partial charge in [-0.2, -0.15) is 0 Å². The Labute approximate surface area is 138 Å². The fourth-order valence-electron chi connectivity index (χ4n) is 2.76. The van der Waals surface area contributed by atoms with E-state index in [-0.39, 0.29) is 18.1 Å². The number of hydrogen-bond donors (Lipinski definition) is 1. The second-order valence-electron chi connectivity index (χ2n) is 6.47. The second kappa shape index (κ2) is 15.8. The van der Waals surface area contributed by atoms with Crippen LogP contribution in [0.4, 0.5) is 0 Å². The zero-order valence-corrected chi connectivity index (χ0v) is 15.5. The first-order valence-corrected chi connectivity index (χ1v) is 11.3. The highest BCUT2D eigenvalue weighted by molar-refractivity contribution is 7.91. The molecule has 0 aromatic rings. The summed E-state index contributed by atoms with van der Waals surface area (Å²) in [6, 6.07) is 0. The van der Waals surface area contributed by atoms with Gasteiger partial charge in [0.15, 0.2) is 9.84 Å². The Balaban J connectivity index is 3.15. The van der Waals surface area contributed by atoms with Crippen LogP contribution in [0.25, 0.3) is 0 Å². The quantitative estimate of drug-likeness (QED) is 0.386. The Morgan fingerprint density at radius 2 is 0.955 bits per heavy atom. The minimum atomic E-state index is -3.00. The lowest BCUT2D eigenvalue weighted by Gasteiger charge is -2.04. The van der Waals surface area contributed by atoms with Gasteiger partial charge in [0.1, 0.15) is 0 Å². The monoisotopic (exact) mass is 334 g/mol. The van der Waals surface area contributed by atoms with E-state index in [1.807, 2.05) is 0 Å². The summed E-state index contributed by atoms with van der Waals surface area (Å²) in [5, 5.41) is 8.64. The van der Waals surface area contributed by atoms with Gasteiger partial charge in [-0.05, 0) is 6.42 Å². The molecule has 0 aliphatic heterocycles. The van der Waals surface area contributed by atoms with Crippen LogP contribution in [0.5, 0.6) is 0 Å². The largest absolute Gasteiger partial charge is 0.395 e. The molecule has 0 heterocycles. The summed E-state index contributed by atoms with van der Waals surface area (Å²) >= 11 is 0. The van der Waals surface area contributed by atoms with Crippen molar-refractivity contribution in [2.45, 2.75) is 96.8 Å². The molecule has 0 amide bonds. The van der Waals surface area contributed by atoms with Gasteiger partial charge in [-0.3, -0.25) is 0 Å². The Bertz CT molecular complexity index is 312. The molecule has 0 saturated carbocycles. The van der Waals surface area contributed by atoms with E-state index in [0.29, 0.717) is 0 Å². The molecule has 4 heteroatoms. The van der Waals surface area contributed by atoms with Crippen LogP contribution in [-0.4, -0.2) is 31.6 Å². The normalized spacial score (nSPS) is 11.9. The van der Waals surface area contributed by atoms with E-state index in [4.69, 9.17) is 5.11 Å². The molecule has 0 radical (unpaired) electrons. The maximum absolute atomic E-state index is 11.4. The first-order valence-electron chi connectivity index (χ1n) is 9.43. The molecule has 1 N–H and O–H groups in total. The number of unbranched alkanes of at least 4 members (excludes halogenated alkanes) is 13. The smallest absolute Gasteiger partial charge is 0.152 e. The average Bonchev–Trinajstić information content (AvgIpc) is 2.47. The molecule has 0 aliphatic carbocycles.